The molecule has 0 aliphatic heterocycles. The summed E-state index contributed by atoms with van der Waals surface area (Å²) >= 11 is 0. The number of nitrogens with zero attached hydrogens (tertiary/aromatic N) is 3. The van der Waals surface area contributed by atoms with Crippen LogP contribution in [0.1, 0.15) is 65.0 Å². The molecule has 9 heteroatoms. The molecule has 0 radical (unpaired) electrons. The number of anilines is 1. The molecule has 1 aromatic carbocycles. The molecule has 3 rings (SSSR count). The van der Waals surface area contributed by atoms with Crippen molar-refractivity contribution in [3.05, 3.63) is 46.4 Å². The zero-order valence-corrected chi connectivity index (χ0v) is 21.4. The van der Waals surface area contributed by atoms with Gasteiger partial charge in [0, 0.05) is 20.0 Å². The van der Waals surface area contributed by atoms with Crippen LogP contribution in [0.15, 0.2) is 35.1 Å². The predicted octanol–water partition coefficient (Wildman–Crippen LogP) is 2.57. The molecule has 1 fully saturated rings. The van der Waals surface area contributed by atoms with Crippen LogP contribution in [0.3, 0.4) is 0 Å². The van der Waals surface area contributed by atoms with Gasteiger partial charge in [0.15, 0.2) is 0 Å². The van der Waals surface area contributed by atoms with Crippen molar-refractivity contribution in [3.63, 3.8) is 0 Å². The van der Waals surface area contributed by atoms with Gasteiger partial charge in [0.2, 0.25) is 17.7 Å². The molecule has 1 saturated carbocycles. The first kappa shape index (κ1) is 26.2. The Bertz CT molecular complexity index is 1130. The van der Waals surface area contributed by atoms with Crippen molar-refractivity contribution in [2.75, 3.05) is 11.4 Å². The Hall–Kier alpha value is -3.36. The molecule has 1 aromatic heterocycles. The fraction of sp³-hybridized carbons (Fsp3) is 0.538. The lowest BCUT2D eigenvalue weighted by Crippen LogP contribution is -2.63. The number of aromatic nitrogens is 2. The second kappa shape index (κ2) is 10.9. The number of hydrogen-bond acceptors (Lipinski definition) is 4. The normalized spacial score (nSPS) is 15.8. The van der Waals surface area contributed by atoms with E-state index in [2.05, 4.69) is 10.6 Å². The molecule has 0 bridgehead atoms. The van der Waals surface area contributed by atoms with Crippen LogP contribution in [0.5, 0.6) is 0 Å². The summed E-state index contributed by atoms with van der Waals surface area (Å²) in [5.74, 6) is -1.18. The fourth-order valence-corrected chi connectivity index (χ4v) is 4.75. The summed E-state index contributed by atoms with van der Waals surface area (Å²) in [5, 5.41) is 5.66. The van der Waals surface area contributed by atoms with E-state index in [0.717, 1.165) is 32.1 Å². The molecule has 2 N–H and O–H groups in total. The van der Waals surface area contributed by atoms with Crippen LogP contribution in [0.4, 0.5) is 5.69 Å². The number of para-hydroxylation sites is 1. The van der Waals surface area contributed by atoms with Gasteiger partial charge in [0.1, 0.15) is 11.2 Å². The average Bonchev–Trinajstić information content (AvgIpc) is 3.07. The van der Waals surface area contributed by atoms with E-state index in [1.165, 1.54) is 16.5 Å². The third-order valence-corrected chi connectivity index (χ3v) is 7.10. The summed E-state index contributed by atoms with van der Waals surface area (Å²) in [7, 11) is 1.75. The lowest BCUT2D eigenvalue weighted by atomic mass is 9.90. The van der Waals surface area contributed by atoms with Crippen LogP contribution >= 0.6 is 0 Å². The van der Waals surface area contributed by atoms with Crippen molar-refractivity contribution in [2.24, 2.45) is 7.05 Å². The van der Waals surface area contributed by atoms with Gasteiger partial charge in [-0.05, 0) is 45.2 Å². The average molecular weight is 484 g/mol. The van der Waals surface area contributed by atoms with E-state index in [9.17, 15) is 19.2 Å². The van der Waals surface area contributed by atoms with E-state index in [0.29, 0.717) is 11.4 Å². The van der Waals surface area contributed by atoms with Crippen LogP contribution in [0.2, 0.25) is 0 Å². The van der Waals surface area contributed by atoms with Crippen LogP contribution < -0.4 is 21.1 Å². The molecular formula is C26H37N5O4. The Kier molecular flexibility index (Phi) is 8.19. The Morgan fingerprint density at radius 2 is 1.74 bits per heavy atom. The number of rotatable bonds is 8. The third kappa shape index (κ3) is 5.33. The summed E-state index contributed by atoms with van der Waals surface area (Å²) < 4.78 is 3.17. The molecule has 3 amide bonds. The van der Waals surface area contributed by atoms with Crippen molar-refractivity contribution >= 4 is 23.4 Å². The Labute approximate surface area is 206 Å². The van der Waals surface area contributed by atoms with Crippen molar-refractivity contribution < 1.29 is 14.4 Å². The van der Waals surface area contributed by atoms with E-state index in [1.54, 1.807) is 25.6 Å². The highest BCUT2D eigenvalue weighted by Gasteiger charge is 2.45. The molecule has 9 nitrogen and oxygen atoms in total. The van der Waals surface area contributed by atoms with Gasteiger partial charge in [-0.3, -0.25) is 28.8 Å². The Morgan fingerprint density at radius 3 is 2.31 bits per heavy atom. The summed E-state index contributed by atoms with van der Waals surface area (Å²) in [6.45, 7) is 6.27. The van der Waals surface area contributed by atoms with Gasteiger partial charge >= 0.3 is 0 Å². The second-order valence-electron chi connectivity index (χ2n) is 9.48. The van der Waals surface area contributed by atoms with Gasteiger partial charge in [0.05, 0.1) is 17.9 Å². The monoisotopic (exact) mass is 483 g/mol. The maximum Gasteiger partial charge on any atom is 0.295 e. The second-order valence-corrected chi connectivity index (χ2v) is 9.48. The van der Waals surface area contributed by atoms with Gasteiger partial charge in [-0.15, -0.1) is 0 Å². The quantitative estimate of drug-likeness (QED) is 0.602. The fourth-order valence-electron chi connectivity index (χ4n) is 4.75. The molecule has 0 unspecified atom stereocenters. The van der Waals surface area contributed by atoms with Crippen LogP contribution in [0.25, 0.3) is 5.69 Å². The summed E-state index contributed by atoms with van der Waals surface area (Å²) in [4.78, 5) is 54.0. The highest BCUT2D eigenvalue weighted by molar-refractivity contribution is 6.05. The maximum absolute atomic E-state index is 13.8. The molecule has 0 saturated heterocycles. The van der Waals surface area contributed by atoms with E-state index in [-0.39, 0.29) is 36.5 Å². The minimum absolute atomic E-state index is 0.0484. The van der Waals surface area contributed by atoms with Gasteiger partial charge < -0.3 is 10.6 Å². The number of carbonyl (C=O) groups excluding carboxylic acids is 3. The van der Waals surface area contributed by atoms with Crippen molar-refractivity contribution in [3.8, 4) is 5.69 Å². The first-order valence-electron chi connectivity index (χ1n) is 12.3. The van der Waals surface area contributed by atoms with Crippen molar-refractivity contribution in [2.45, 2.75) is 77.8 Å². The van der Waals surface area contributed by atoms with Crippen LogP contribution in [-0.4, -0.2) is 45.2 Å². The van der Waals surface area contributed by atoms with Gasteiger partial charge in [-0.1, -0.05) is 44.4 Å². The molecule has 190 valence electrons. The highest BCUT2D eigenvalue weighted by Crippen LogP contribution is 2.30. The van der Waals surface area contributed by atoms with Gasteiger partial charge in [0.25, 0.3) is 5.56 Å². The molecule has 35 heavy (non-hydrogen) atoms. The number of benzene rings is 1. The Morgan fingerprint density at radius 1 is 1.11 bits per heavy atom. The van der Waals surface area contributed by atoms with E-state index in [4.69, 9.17) is 0 Å². The molecule has 1 atom stereocenters. The largest absolute Gasteiger partial charge is 0.351 e. The van der Waals surface area contributed by atoms with Crippen molar-refractivity contribution in [1.29, 1.82) is 0 Å². The number of amides is 3. The summed E-state index contributed by atoms with van der Waals surface area (Å²) in [5.41, 5.74) is -0.409. The van der Waals surface area contributed by atoms with E-state index >= 15 is 0 Å². The van der Waals surface area contributed by atoms with E-state index in [1.807, 2.05) is 37.3 Å². The molecule has 2 aromatic rings. The zero-order valence-electron chi connectivity index (χ0n) is 21.4. The zero-order chi connectivity index (χ0) is 25.8. The summed E-state index contributed by atoms with van der Waals surface area (Å²) in [6, 6.07) is 9.19. The predicted molar refractivity (Wildman–Crippen MR) is 136 cm³/mol. The highest BCUT2D eigenvalue weighted by atomic mass is 16.2. The molecule has 1 aliphatic rings. The third-order valence-electron chi connectivity index (χ3n) is 7.10. The SMILES string of the molecule is CC[C@@](C)(C(=O)NC1CCCCC1)N(C(=O)CNC(C)=O)c1c(C)n(C)n(-c2ccccc2)c1=O. The minimum atomic E-state index is -1.33. The standard InChI is InChI=1S/C26H37N5O4/c1-6-26(4,25(35)28-20-13-9-7-10-14-20)30(22(33)17-27-19(3)32)23-18(2)29(5)31(24(23)34)21-15-11-8-12-16-21/h8,11-12,15-16,20H,6-7,9-10,13-14,17H2,1-5H3,(H,27,32)(H,28,35)/t26-/m0/s1. The van der Waals surface area contributed by atoms with E-state index < -0.39 is 17.0 Å². The van der Waals surface area contributed by atoms with Gasteiger partial charge in [-0.25, -0.2) is 4.68 Å². The summed E-state index contributed by atoms with van der Waals surface area (Å²) in [6.07, 6.45) is 5.35. The van der Waals surface area contributed by atoms with Crippen molar-refractivity contribution in [1.82, 2.24) is 20.0 Å². The number of nitrogens with one attached hydrogen (secondary N) is 2. The number of carbonyl (C=O) groups is 3. The topological polar surface area (TPSA) is 105 Å². The Balaban J connectivity index is 2.12. The number of hydrogen-bond donors (Lipinski definition) is 2. The minimum Gasteiger partial charge on any atom is -0.351 e. The van der Waals surface area contributed by atoms with Crippen LogP contribution in [0, 0.1) is 6.92 Å². The molecule has 0 spiro atoms. The van der Waals surface area contributed by atoms with Gasteiger partial charge in [-0.2, -0.15) is 0 Å². The lowest BCUT2D eigenvalue weighted by Gasteiger charge is -2.40. The molecular weight excluding hydrogens is 446 g/mol. The first-order valence-corrected chi connectivity index (χ1v) is 12.3. The smallest absolute Gasteiger partial charge is 0.295 e. The molecule has 1 aliphatic carbocycles. The lowest BCUT2D eigenvalue weighted by molar-refractivity contribution is -0.131. The van der Waals surface area contributed by atoms with Crippen LogP contribution in [-0.2, 0) is 21.4 Å². The first-order chi connectivity index (χ1) is 16.6. The maximum atomic E-state index is 13.8. The molecule has 1 heterocycles.